The molecule has 30 heavy (non-hydrogen) atoms. The average molecular weight is 441 g/mol. The molecule has 0 aromatic carbocycles. The van der Waals surface area contributed by atoms with Crippen LogP contribution >= 0.6 is 11.6 Å². The fourth-order valence-corrected chi connectivity index (χ4v) is 9.17. The molecule has 0 saturated heterocycles. The molecule has 0 bridgehead atoms. The number of halogens is 3. The Labute approximate surface area is 188 Å². The van der Waals surface area contributed by atoms with E-state index in [1.54, 1.807) is 19.4 Å². The van der Waals surface area contributed by atoms with Crippen LogP contribution in [0.4, 0.5) is 8.78 Å². The summed E-state index contributed by atoms with van der Waals surface area (Å²) in [6, 6.07) is 0. The molecule has 3 fully saturated rings. The lowest BCUT2D eigenvalue weighted by Gasteiger charge is -2.58. The van der Waals surface area contributed by atoms with Crippen LogP contribution in [0.25, 0.3) is 0 Å². The van der Waals surface area contributed by atoms with Gasteiger partial charge in [-0.1, -0.05) is 38.8 Å². The van der Waals surface area contributed by atoms with Gasteiger partial charge in [-0.2, -0.15) is 0 Å². The van der Waals surface area contributed by atoms with Crippen LogP contribution in [0.5, 0.6) is 0 Å². The molecule has 0 amide bonds. The Balaban J connectivity index is 1.51. The van der Waals surface area contributed by atoms with Crippen LogP contribution in [-0.4, -0.2) is 10.8 Å². The minimum absolute atomic E-state index is 0.00795. The molecule has 0 spiro atoms. The van der Waals surface area contributed by atoms with Gasteiger partial charge in [0.1, 0.15) is 0 Å². The highest BCUT2D eigenvalue weighted by Gasteiger charge is 2.59. The van der Waals surface area contributed by atoms with Crippen molar-refractivity contribution in [2.75, 3.05) is 0 Å². The Morgan fingerprint density at radius 3 is 2.53 bits per heavy atom. The largest absolute Gasteiger partial charge is 0.250 e. The van der Waals surface area contributed by atoms with Crippen LogP contribution in [0.2, 0.25) is 0 Å². The third-order valence-electron chi connectivity index (χ3n) is 10.1. The number of hydrogen-bond acceptors (Lipinski definition) is 0. The molecule has 7 atom stereocenters. The molecule has 0 heterocycles. The molecule has 0 aromatic heterocycles. The van der Waals surface area contributed by atoms with Gasteiger partial charge in [-0.05, 0) is 106 Å². The van der Waals surface area contributed by atoms with E-state index in [1.165, 1.54) is 51.4 Å². The SMILES string of the molecule is C[C@H](CC(F)(F)CC(C)(C)Cl)[C@H]1CC[C@H]2[C@@H]3CC=C4CCCC[C@]4(C)[C@H]3CC[C@]12C. The van der Waals surface area contributed by atoms with Crippen LogP contribution < -0.4 is 0 Å². The van der Waals surface area contributed by atoms with Gasteiger partial charge >= 0.3 is 0 Å². The summed E-state index contributed by atoms with van der Waals surface area (Å²) >= 11 is 6.16. The van der Waals surface area contributed by atoms with E-state index >= 15 is 0 Å². The van der Waals surface area contributed by atoms with Crippen molar-refractivity contribution < 1.29 is 8.78 Å². The highest BCUT2D eigenvalue weighted by atomic mass is 35.5. The Hall–Kier alpha value is -0.110. The monoisotopic (exact) mass is 440 g/mol. The summed E-state index contributed by atoms with van der Waals surface area (Å²) in [7, 11) is 0. The minimum Gasteiger partial charge on any atom is -0.207 e. The van der Waals surface area contributed by atoms with Gasteiger partial charge in [0.15, 0.2) is 0 Å². The molecule has 4 aliphatic carbocycles. The topological polar surface area (TPSA) is 0 Å². The van der Waals surface area contributed by atoms with E-state index in [0.29, 0.717) is 11.3 Å². The zero-order chi connectivity index (χ0) is 21.9. The standard InChI is InChI=1S/C27H43ClF2/c1-18(16-27(29,30)17-24(2,3)28)21-11-12-22-20-10-9-19-8-6-7-14-25(19,4)23(20)13-15-26(21,22)5/h9,18,20-23H,6-8,10-17H2,1-5H3/t18-,20+,21-,22+,23+,25+,26-/m1/s1. The summed E-state index contributed by atoms with van der Waals surface area (Å²) < 4.78 is 29.6. The van der Waals surface area contributed by atoms with Crippen molar-refractivity contribution in [3.63, 3.8) is 0 Å². The average Bonchev–Trinajstić information content (AvgIpc) is 2.96. The lowest BCUT2D eigenvalue weighted by Crippen LogP contribution is -2.50. The quantitative estimate of drug-likeness (QED) is 0.295. The normalized spacial score (nSPS) is 42.7. The molecule has 4 rings (SSSR count). The lowest BCUT2D eigenvalue weighted by atomic mass is 9.47. The predicted octanol–water partition coefficient (Wildman–Crippen LogP) is 9.02. The maximum absolute atomic E-state index is 14.8. The van der Waals surface area contributed by atoms with Crippen molar-refractivity contribution >= 4 is 11.6 Å². The second-order valence-corrected chi connectivity index (χ2v) is 13.7. The number of allylic oxidation sites excluding steroid dienone is 2. The van der Waals surface area contributed by atoms with E-state index in [2.05, 4.69) is 26.8 Å². The number of rotatable bonds is 5. The van der Waals surface area contributed by atoms with Gasteiger partial charge in [-0.15, -0.1) is 11.6 Å². The van der Waals surface area contributed by atoms with E-state index in [-0.39, 0.29) is 24.2 Å². The Morgan fingerprint density at radius 2 is 1.83 bits per heavy atom. The molecule has 0 aromatic rings. The highest BCUT2D eigenvalue weighted by Crippen LogP contribution is 2.67. The molecule has 0 unspecified atom stereocenters. The van der Waals surface area contributed by atoms with Crippen molar-refractivity contribution in [1.82, 2.24) is 0 Å². The van der Waals surface area contributed by atoms with Gasteiger partial charge in [0, 0.05) is 17.7 Å². The third kappa shape index (κ3) is 4.01. The van der Waals surface area contributed by atoms with E-state index in [1.807, 2.05) is 0 Å². The molecular formula is C27H43ClF2. The van der Waals surface area contributed by atoms with E-state index in [4.69, 9.17) is 11.6 Å². The van der Waals surface area contributed by atoms with Gasteiger partial charge in [0.2, 0.25) is 5.92 Å². The molecule has 4 aliphatic rings. The maximum atomic E-state index is 14.8. The number of alkyl halides is 3. The third-order valence-corrected chi connectivity index (χ3v) is 10.2. The fraction of sp³-hybridized carbons (Fsp3) is 0.926. The molecule has 0 radical (unpaired) electrons. The predicted molar refractivity (Wildman–Crippen MR) is 123 cm³/mol. The molecule has 0 nitrogen and oxygen atoms in total. The van der Waals surface area contributed by atoms with Crippen molar-refractivity contribution in [2.45, 2.75) is 116 Å². The summed E-state index contributed by atoms with van der Waals surface area (Å²) in [5.41, 5.74) is 2.42. The second-order valence-electron chi connectivity index (χ2n) is 12.6. The highest BCUT2D eigenvalue weighted by molar-refractivity contribution is 6.23. The maximum Gasteiger partial charge on any atom is 0.250 e. The van der Waals surface area contributed by atoms with Crippen molar-refractivity contribution in [1.29, 1.82) is 0 Å². The first-order valence-corrected chi connectivity index (χ1v) is 13.0. The van der Waals surface area contributed by atoms with Crippen LogP contribution in [0.15, 0.2) is 11.6 Å². The van der Waals surface area contributed by atoms with E-state index < -0.39 is 10.8 Å². The molecule has 3 saturated carbocycles. The van der Waals surface area contributed by atoms with E-state index in [9.17, 15) is 8.78 Å². The Kier molecular flexibility index (Phi) is 5.95. The van der Waals surface area contributed by atoms with Crippen LogP contribution in [-0.2, 0) is 0 Å². The second kappa shape index (κ2) is 7.74. The molecule has 172 valence electrons. The lowest BCUT2D eigenvalue weighted by molar-refractivity contribution is -0.0740. The minimum atomic E-state index is -2.67. The summed E-state index contributed by atoms with van der Waals surface area (Å²) in [4.78, 5) is -0.842. The first-order chi connectivity index (χ1) is 13.9. The van der Waals surface area contributed by atoms with Gasteiger partial charge in [0.05, 0.1) is 0 Å². The van der Waals surface area contributed by atoms with Crippen LogP contribution in [0, 0.1) is 40.4 Å². The number of hydrogen-bond donors (Lipinski definition) is 0. The summed E-state index contributed by atoms with van der Waals surface area (Å²) in [5, 5.41) is 0. The molecule has 0 N–H and O–H groups in total. The molecule has 0 aliphatic heterocycles. The smallest absolute Gasteiger partial charge is 0.207 e. The Morgan fingerprint density at radius 1 is 1.10 bits per heavy atom. The van der Waals surface area contributed by atoms with Crippen molar-refractivity contribution in [2.24, 2.45) is 40.4 Å². The van der Waals surface area contributed by atoms with Crippen LogP contribution in [0.3, 0.4) is 0 Å². The molecule has 3 heteroatoms. The first kappa shape index (κ1) is 23.1. The van der Waals surface area contributed by atoms with Crippen molar-refractivity contribution in [3.05, 3.63) is 11.6 Å². The number of fused-ring (bicyclic) bond motifs is 5. The Bertz CT molecular complexity index is 677. The first-order valence-electron chi connectivity index (χ1n) is 12.6. The van der Waals surface area contributed by atoms with Crippen LogP contribution in [0.1, 0.15) is 105 Å². The van der Waals surface area contributed by atoms with E-state index in [0.717, 1.165) is 24.2 Å². The van der Waals surface area contributed by atoms with Gasteiger partial charge in [-0.25, -0.2) is 8.78 Å². The summed E-state index contributed by atoms with van der Waals surface area (Å²) in [6.45, 7) is 10.5. The van der Waals surface area contributed by atoms with Gasteiger partial charge in [0.25, 0.3) is 0 Å². The van der Waals surface area contributed by atoms with Gasteiger partial charge in [-0.3, -0.25) is 0 Å². The zero-order valence-corrected chi connectivity index (χ0v) is 20.6. The summed E-state index contributed by atoms with van der Waals surface area (Å²) in [6.07, 6.45) is 14.0. The van der Waals surface area contributed by atoms with Gasteiger partial charge < -0.3 is 0 Å². The van der Waals surface area contributed by atoms with Crippen molar-refractivity contribution in [3.8, 4) is 0 Å². The summed E-state index contributed by atoms with van der Waals surface area (Å²) in [5.74, 6) is 0.133. The molecular weight excluding hydrogens is 398 g/mol. The fourth-order valence-electron chi connectivity index (χ4n) is 8.97. The zero-order valence-electron chi connectivity index (χ0n) is 19.9.